The van der Waals surface area contributed by atoms with Crippen LogP contribution in [0.3, 0.4) is 0 Å². The molecule has 2 aromatic rings. The highest BCUT2D eigenvalue weighted by Crippen LogP contribution is 2.23. The molecule has 128 valence electrons. The van der Waals surface area contributed by atoms with Crippen LogP contribution in [-0.4, -0.2) is 31.9 Å². The van der Waals surface area contributed by atoms with Crippen LogP contribution in [-0.2, 0) is 10.0 Å². The van der Waals surface area contributed by atoms with E-state index in [0.29, 0.717) is 15.8 Å². The van der Waals surface area contributed by atoms with Crippen molar-refractivity contribution in [1.29, 1.82) is 0 Å². The Hall–Kier alpha value is -1.67. The summed E-state index contributed by atoms with van der Waals surface area (Å²) in [6.07, 6.45) is 0. The van der Waals surface area contributed by atoms with E-state index in [1.165, 1.54) is 26.2 Å². The molecule has 0 aliphatic rings. The van der Waals surface area contributed by atoms with Gasteiger partial charge >= 0.3 is 0 Å². The molecule has 5 nitrogen and oxygen atoms in total. The monoisotopic (exact) mass is 383 g/mol. The molecule has 0 atom stereocenters. The number of halogens is 1. The molecule has 2 rings (SSSR count). The normalized spacial score (nSPS) is 11.4. The van der Waals surface area contributed by atoms with E-state index in [2.05, 4.69) is 10.6 Å². The van der Waals surface area contributed by atoms with E-state index in [4.69, 9.17) is 23.8 Å². The Morgan fingerprint density at radius 2 is 1.79 bits per heavy atom. The van der Waals surface area contributed by atoms with Gasteiger partial charge in [-0.1, -0.05) is 23.7 Å². The van der Waals surface area contributed by atoms with Crippen LogP contribution in [0.2, 0.25) is 5.02 Å². The fraction of sp³-hybridized carbons (Fsp3) is 0.188. The summed E-state index contributed by atoms with van der Waals surface area (Å²) in [6, 6.07) is 12.0. The molecule has 0 aromatic heterocycles. The maximum atomic E-state index is 12.2. The lowest BCUT2D eigenvalue weighted by Gasteiger charge is -2.15. The smallest absolute Gasteiger partial charge is 0.242 e. The summed E-state index contributed by atoms with van der Waals surface area (Å²) in [6.45, 7) is 1.89. The van der Waals surface area contributed by atoms with E-state index in [9.17, 15) is 8.42 Å². The van der Waals surface area contributed by atoms with Gasteiger partial charge in [0.2, 0.25) is 10.0 Å². The fourth-order valence-electron chi connectivity index (χ4n) is 1.97. The summed E-state index contributed by atoms with van der Waals surface area (Å²) in [4.78, 5) is 0.194. The number of thiocarbonyl (C=S) groups is 1. The zero-order valence-electron chi connectivity index (χ0n) is 13.5. The second-order valence-corrected chi connectivity index (χ2v) is 8.27. The van der Waals surface area contributed by atoms with Gasteiger partial charge < -0.3 is 10.6 Å². The summed E-state index contributed by atoms with van der Waals surface area (Å²) in [7, 11) is -0.515. The molecule has 0 radical (unpaired) electrons. The maximum Gasteiger partial charge on any atom is 0.242 e. The van der Waals surface area contributed by atoms with Crippen molar-refractivity contribution >= 4 is 50.3 Å². The Bertz CT molecular complexity index is 867. The maximum absolute atomic E-state index is 12.2. The first kappa shape index (κ1) is 18.7. The summed E-state index contributed by atoms with van der Waals surface area (Å²) < 4.78 is 25.5. The van der Waals surface area contributed by atoms with Crippen molar-refractivity contribution in [2.75, 3.05) is 24.7 Å². The van der Waals surface area contributed by atoms with Crippen molar-refractivity contribution in [3.8, 4) is 0 Å². The predicted molar refractivity (Wildman–Crippen MR) is 103 cm³/mol. The van der Waals surface area contributed by atoms with Crippen LogP contribution in [0.1, 0.15) is 5.56 Å². The molecule has 0 bridgehead atoms. The van der Waals surface area contributed by atoms with Crippen LogP contribution < -0.4 is 10.6 Å². The summed E-state index contributed by atoms with van der Waals surface area (Å²) >= 11 is 11.4. The standard InChI is InChI=1S/C16H18ClN3O2S2/c1-11-14(17)8-5-9-15(11)19-16(23)18-12-6-4-7-13(10-12)24(21,22)20(2)3/h4-10H,1-3H3,(H2,18,19,23). The van der Waals surface area contributed by atoms with Gasteiger partial charge in [-0.15, -0.1) is 0 Å². The van der Waals surface area contributed by atoms with E-state index in [0.717, 1.165) is 15.6 Å². The molecule has 0 saturated heterocycles. The highest BCUT2D eigenvalue weighted by Gasteiger charge is 2.17. The van der Waals surface area contributed by atoms with Gasteiger partial charge in [0.1, 0.15) is 0 Å². The van der Waals surface area contributed by atoms with Crippen LogP contribution in [0.15, 0.2) is 47.4 Å². The minimum absolute atomic E-state index is 0.194. The topological polar surface area (TPSA) is 61.4 Å². The molecule has 2 aromatic carbocycles. The number of nitrogens with zero attached hydrogens (tertiary/aromatic N) is 1. The van der Waals surface area contributed by atoms with Crippen LogP contribution in [0.25, 0.3) is 0 Å². The third-order valence-corrected chi connectivity index (χ3v) is 5.81. The fourth-order valence-corrected chi connectivity index (χ4v) is 3.32. The third-order valence-electron chi connectivity index (χ3n) is 3.39. The lowest BCUT2D eigenvalue weighted by molar-refractivity contribution is 0.521. The average molecular weight is 384 g/mol. The first-order valence-corrected chi connectivity index (χ1v) is 9.30. The second kappa shape index (κ2) is 7.48. The van der Waals surface area contributed by atoms with E-state index in [1.807, 2.05) is 19.1 Å². The van der Waals surface area contributed by atoms with Gasteiger partial charge in [-0.05, 0) is 55.0 Å². The summed E-state index contributed by atoms with van der Waals surface area (Å²) in [5.74, 6) is 0. The van der Waals surface area contributed by atoms with Crippen LogP contribution in [0.5, 0.6) is 0 Å². The molecule has 2 N–H and O–H groups in total. The van der Waals surface area contributed by atoms with E-state index in [1.54, 1.807) is 18.2 Å². The first-order chi connectivity index (χ1) is 11.2. The molecule has 0 fully saturated rings. The molecule has 8 heteroatoms. The van der Waals surface area contributed by atoms with Crippen molar-refractivity contribution in [2.24, 2.45) is 0 Å². The Morgan fingerprint density at radius 1 is 1.12 bits per heavy atom. The summed E-state index contributed by atoms with van der Waals surface area (Å²) in [5.41, 5.74) is 2.25. The number of benzene rings is 2. The molecule has 0 spiro atoms. The van der Waals surface area contributed by atoms with Crippen LogP contribution >= 0.6 is 23.8 Å². The molecule has 0 saturated carbocycles. The third kappa shape index (κ3) is 4.24. The molecular weight excluding hydrogens is 366 g/mol. The molecule has 0 unspecified atom stereocenters. The lowest BCUT2D eigenvalue weighted by Crippen LogP contribution is -2.23. The number of anilines is 2. The minimum atomic E-state index is -3.49. The minimum Gasteiger partial charge on any atom is -0.332 e. The van der Waals surface area contributed by atoms with Gasteiger partial charge in [-0.3, -0.25) is 0 Å². The van der Waals surface area contributed by atoms with E-state index in [-0.39, 0.29) is 4.90 Å². The largest absolute Gasteiger partial charge is 0.332 e. The first-order valence-electron chi connectivity index (χ1n) is 7.07. The number of sulfonamides is 1. The van der Waals surface area contributed by atoms with Crippen molar-refractivity contribution in [2.45, 2.75) is 11.8 Å². The van der Waals surface area contributed by atoms with Crippen LogP contribution in [0.4, 0.5) is 11.4 Å². The Labute approximate surface area is 152 Å². The van der Waals surface area contributed by atoms with Gasteiger partial charge in [0, 0.05) is 30.5 Å². The molecule has 24 heavy (non-hydrogen) atoms. The predicted octanol–water partition coefficient (Wildman–Crippen LogP) is 3.71. The van der Waals surface area contributed by atoms with Crippen molar-refractivity contribution in [3.05, 3.63) is 53.1 Å². The number of nitrogens with one attached hydrogen (secondary N) is 2. The SMILES string of the molecule is Cc1c(Cl)cccc1NC(=S)Nc1cccc(S(=O)(=O)N(C)C)c1. The van der Waals surface area contributed by atoms with Gasteiger partial charge in [0.05, 0.1) is 4.90 Å². The zero-order chi connectivity index (χ0) is 17.9. The molecule has 0 amide bonds. The zero-order valence-corrected chi connectivity index (χ0v) is 15.9. The molecule has 0 heterocycles. The Kier molecular flexibility index (Phi) is 5.82. The average Bonchev–Trinajstić information content (AvgIpc) is 2.52. The highest BCUT2D eigenvalue weighted by atomic mass is 35.5. The summed E-state index contributed by atoms with van der Waals surface area (Å²) in [5, 5.41) is 7.03. The van der Waals surface area contributed by atoms with E-state index < -0.39 is 10.0 Å². The highest BCUT2D eigenvalue weighted by molar-refractivity contribution is 7.89. The molecular formula is C16H18ClN3O2S2. The Morgan fingerprint density at radius 3 is 2.46 bits per heavy atom. The van der Waals surface area contributed by atoms with E-state index >= 15 is 0 Å². The van der Waals surface area contributed by atoms with Gasteiger partial charge in [0.15, 0.2) is 5.11 Å². The number of hydrogen-bond donors (Lipinski definition) is 2. The van der Waals surface area contributed by atoms with Crippen molar-refractivity contribution in [3.63, 3.8) is 0 Å². The van der Waals surface area contributed by atoms with Gasteiger partial charge in [-0.2, -0.15) is 0 Å². The van der Waals surface area contributed by atoms with Crippen LogP contribution in [0, 0.1) is 6.92 Å². The molecule has 0 aliphatic heterocycles. The van der Waals surface area contributed by atoms with Gasteiger partial charge in [0.25, 0.3) is 0 Å². The second-order valence-electron chi connectivity index (χ2n) is 5.31. The van der Waals surface area contributed by atoms with Crippen molar-refractivity contribution in [1.82, 2.24) is 4.31 Å². The lowest BCUT2D eigenvalue weighted by atomic mass is 10.2. The quantitative estimate of drug-likeness (QED) is 0.788. The van der Waals surface area contributed by atoms with Gasteiger partial charge in [-0.25, -0.2) is 12.7 Å². The number of hydrogen-bond acceptors (Lipinski definition) is 3. The van der Waals surface area contributed by atoms with Crippen molar-refractivity contribution < 1.29 is 8.42 Å². The molecule has 0 aliphatic carbocycles. The number of rotatable bonds is 4. The Balaban J connectivity index is 2.17.